The van der Waals surface area contributed by atoms with Gasteiger partial charge in [0.1, 0.15) is 0 Å². The maximum Gasteiger partial charge on any atom is 0.272 e. The van der Waals surface area contributed by atoms with Crippen LogP contribution < -0.4 is 5.32 Å². The molecule has 1 saturated heterocycles. The number of H-pyrrole nitrogens is 1. The largest absolute Gasteiger partial charge is 0.348 e. The van der Waals surface area contributed by atoms with Crippen molar-refractivity contribution in [3.8, 4) is 10.6 Å². The van der Waals surface area contributed by atoms with Gasteiger partial charge in [0.15, 0.2) is 5.69 Å². The number of aryl methyl sites for hydroxylation is 1. The molecule has 1 aliphatic heterocycles. The first kappa shape index (κ1) is 18.9. The van der Waals surface area contributed by atoms with Crippen LogP contribution in [0.5, 0.6) is 0 Å². The third kappa shape index (κ3) is 4.34. The molecule has 146 valence electrons. The van der Waals surface area contributed by atoms with Crippen LogP contribution in [0.3, 0.4) is 0 Å². The summed E-state index contributed by atoms with van der Waals surface area (Å²) < 4.78 is 0. The summed E-state index contributed by atoms with van der Waals surface area (Å²) in [6, 6.07) is 16.7. The van der Waals surface area contributed by atoms with Crippen molar-refractivity contribution in [2.45, 2.75) is 25.8 Å². The van der Waals surface area contributed by atoms with Gasteiger partial charge in [-0.2, -0.15) is 5.10 Å². The molecular formula is C22H26N4OS. The normalized spacial score (nSPS) is 20.2. The first-order chi connectivity index (χ1) is 13.6. The lowest BCUT2D eigenvalue weighted by atomic mass is 9.87. The topological polar surface area (TPSA) is 61.0 Å². The third-order valence-corrected chi connectivity index (χ3v) is 6.44. The van der Waals surface area contributed by atoms with E-state index in [0.717, 1.165) is 36.5 Å². The first-order valence-corrected chi connectivity index (χ1v) is 10.6. The molecule has 1 aliphatic rings. The number of nitrogens with zero attached hydrogens (tertiary/aromatic N) is 2. The predicted molar refractivity (Wildman–Crippen MR) is 114 cm³/mol. The lowest BCUT2D eigenvalue weighted by molar-refractivity contribution is 0.0869. The van der Waals surface area contributed by atoms with Gasteiger partial charge in [0.2, 0.25) is 0 Å². The van der Waals surface area contributed by atoms with Crippen molar-refractivity contribution < 1.29 is 4.79 Å². The fraction of sp³-hybridized carbons (Fsp3) is 0.364. The van der Waals surface area contributed by atoms with Gasteiger partial charge in [-0.1, -0.05) is 30.3 Å². The second kappa shape index (κ2) is 8.29. The SMILES string of the molecule is Cc1ccc(-c2cc(C(=O)NC3CCN(C)CC3Cc3ccccc3)n[nH]2)s1. The van der Waals surface area contributed by atoms with Crippen LogP contribution in [0.1, 0.15) is 27.3 Å². The molecule has 2 N–H and O–H groups in total. The van der Waals surface area contributed by atoms with Crippen molar-refractivity contribution in [1.29, 1.82) is 0 Å². The number of carbonyl (C=O) groups is 1. The molecule has 1 fully saturated rings. The molecule has 3 aromatic rings. The number of aromatic nitrogens is 2. The molecule has 0 saturated carbocycles. The Bertz CT molecular complexity index is 933. The lowest BCUT2D eigenvalue weighted by Crippen LogP contribution is -2.50. The summed E-state index contributed by atoms with van der Waals surface area (Å²) >= 11 is 1.69. The van der Waals surface area contributed by atoms with E-state index in [9.17, 15) is 4.79 Å². The standard InChI is InChI=1S/C22H26N4OS/c1-15-8-9-21(28-15)19-13-20(25-24-19)22(27)23-18-10-11-26(2)14-17(18)12-16-6-4-3-5-7-16/h3-9,13,17-18H,10-12,14H2,1-2H3,(H,23,27)(H,24,25). The average Bonchev–Trinajstić information content (AvgIpc) is 3.34. The van der Waals surface area contributed by atoms with Gasteiger partial charge in [-0.3, -0.25) is 9.89 Å². The highest BCUT2D eigenvalue weighted by Crippen LogP contribution is 2.26. The number of carbonyl (C=O) groups excluding carboxylic acids is 1. The third-order valence-electron chi connectivity index (χ3n) is 5.41. The number of piperidine rings is 1. The molecule has 2 atom stereocenters. The molecule has 6 heteroatoms. The van der Waals surface area contributed by atoms with Crippen molar-refractivity contribution in [3.63, 3.8) is 0 Å². The van der Waals surface area contributed by atoms with Crippen LogP contribution in [0.25, 0.3) is 10.6 Å². The maximum absolute atomic E-state index is 12.8. The molecule has 28 heavy (non-hydrogen) atoms. The van der Waals surface area contributed by atoms with Gasteiger partial charge in [-0.25, -0.2) is 0 Å². The zero-order valence-corrected chi connectivity index (χ0v) is 17.1. The van der Waals surface area contributed by atoms with Gasteiger partial charge < -0.3 is 10.2 Å². The zero-order chi connectivity index (χ0) is 19.5. The summed E-state index contributed by atoms with van der Waals surface area (Å²) in [5, 5.41) is 10.5. The van der Waals surface area contributed by atoms with Gasteiger partial charge in [-0.05, 0) is 63.0 Å². The molecule has 1 aromatic carbocycles. The summed E-state index contributed by atoms with van der Waals surface area (Å²) in [4.78, 5) is 17.5. The molecule has 1 amide bonds. The van der Waals surface area contributed by atoms with Crippen molar-refractivity contribution in [2.75, 3.05) is 20.1 Å². The van der Waals surface area contributed by atoms with E-state index in [-0.39, 0.29) is 11.9 Å². The number of aromatic amines is 1. The van der Waals surface area contributed by atoms with E-state index in [1.165, 1.54) is 10.4 Å². The smallest absolute Gasteiger partial charge is 0.272 e. The number of hydrogen-bond acceptors (Lipinski definition) is 4. The van der Waals surface area contributed by atoms with Crippen LogP contribution in [-0.2, 0) is 6.42 Å². The molecule has 0 bridgehead atoms. The highest BCUT2D eigenvalue weighted by Gasteiger charge is 2.29. The van der Waals surface area contributed by atoms with Crippen molar-refractivity contribution >= 4 is 17.2 Å². The van der Waals surface area contributed by atoms with Crippen LogP contribution in [0, 0.1) is 12.8 Å². The fourth-order valence-corrected chi connectivity index (χ4v) is 4.75. The van der Waals surface area contributed by atoms with Crippen LogP contribution in [0.2, 0.25) is 0 Å². The number of hydrogen-bond donors (Lipinski definition) is 2. The number of thiophene rings is 1. The Kier molecular flexibility index (Phi) is 5.59. The molecule has 2 aromatic heterocycles. The average molecular weight is 395 g/mol. The number of likely N-dealkylation sites (tertiary alicyclic amines) is 1. The Balaban J connectivity index is 1.45. The van der Waals surface area contributed by atoms with E-state index >= 15 is 0 Å². The molecule has 0 aliphatic carbocycles. The Labute approximate surface area is 169 Å². The minimum Gasteiger partial charge on any atom is -0.348 e. The maximum atomic E-state index is 12.8. The number of benzene rings is 1. The minimum atomic E-state index is -0.0941. The Morgan fingerprint density at radius 1 is 1.29 bits per heavy atom. The molecule has 0 radical (unpaired) electrons. The van der Waals surface area contributed by atoms with Crippen molar-refractivity contribution in [1.82, 2.24) is 20.4 Å². The molecule has 3 heterocycles. The van der Waals surface area contributed by atoms with Crippen molar-refractivity contribution in [3.05, 3.63) is 64.7 Å². The molecule has 0 spiro atoms. The number of rotatable bonds is 5. The lowest BCUT2D eigenvalue weighted by Gasteiger charge is -2.37. The van der Waals surface area contributed by atoms with E-state index in [1.54, 1.807) is 11.3 Å². The highest BCUT2D eigenvalue weighted by molar-refractivity contribution is 7.15. The minimum absolute atomic E-state index is 0.0941. The summed E-state index contributed by atoms with van der Waals surface area (Å²) in [7, 11) is 2.15. The van der Waals surface area contributed by atoms with Gasteiger partial charge in [-0.15, -0.1) is 11.3 Å². The summed E-state index contributed by atoms with van der Waals surface area (Å²) in [5.41, 5.74) is 2.67. The van der Waals surface area contributed by atoms with Crippen LogP contribution in [0.4, 0.5) is 0 Å². The summed E-state index contributed by atoms with van der Waals surface area (Å²) in [6.07, 6.45) is 1.93. The summed E-state index contributed by atoms with van der Waals surface area (Å²) in [5.74, 6) is 0.298. The summed E-state index contributed by atoms with van der Waals surface area (Å²) in [6.45, 7) is 4.06. The highest BCUT2D eigenvalue weighted by atomic mass is 32.1. The van der Waals surface area contributed by atoms with E-state index in [0.29, 0.717) is 11.6 Å². The number of nitrogens with one attached hydrogen (secondary N) is 2. The monoisotopic (exact) mass is 394 g/mol. The second-order valence-corrected chi connectivity index (χ2v) is 8.95. The van der Waals surface area contributed by atoms with Crippen molar-refractivity contribution in [2.24, 2.45) is 5.92 Å². The Morgan fingerprint density at radius 3 is 2.86 bits per heavy atom. The predicted octanol–water partition coefficient (Wildman–Crippen LogP) is 3.74. The first-order valence-electron chi connectivity index (χ1n) is 9.74. The van der Waals surface area contributed by atoms with Gasteiger partial charge in [0.05, 0.1) is 10.6 Å². The second-order valence-electron chi connectivity index (χ2n) is 7.66. The van der Waals surface area contributed by atoms with E-state index in [2.05, 4.69) is 70.8 Å². The van der Waals surface area contributed by atoms with Gasteiger partial charge >= 0.3 is 0 Å². The fourth-order valence-electron chi connectivity index (χ4n) is 3.91. The van der Waals surface area contributed by atoms with Gasteiger partial charge in [0.25, 0.3) is 5.91 Å². The molecule has 2 unspecified atom stereocenters. The van der Waals surface area contributed by atoms with E-state index in [1.807, 2.05) is 12.1 Å². The Morgan fingerprint density at radius 2 is 2.11 bits per heavy atom. The molecular weight excluding hydrogens is 368 g/mol. The quantitative estimate of drug-likeness (QED) is 0.693. The van der Waals surface area contributed by atoms with Crippen LogP contribution in [0.15, 0.2) is 48.5 Å². The molecule has 4 rings (SSSR count). The van der Waals surface area contributed by atoms with Gasteiger partial charge in [0, 0.05) is 17.5 Å². The molecule has 5 nitrogen and oxygen atoms in total. The van der Waals surface area contributed by atoms with Crippen LogP contribution >= 0.6 is 11.3 Å². The number of amides is 1. The Hall–Kier alpha value is -2.44. The van der Waals surface area contributed by atoms with E-state index < -0.39 is 0 Å². The van der Waals surface area contributed by atoms with E-state index in [4.69, 9.17) is 0 Å². The van der Waals surface area contributed by atoms with Crippen LogP contribution in [-0.4, -0.2) is 47.2 Å². The zero-order valence-electron chi connectivity index (χ0n) is 16.3.